The Morgan fingerprint density at radius 1 is 1.26 bits per heavy atom. The molecule has 0 unspecified atom stereocenters. The molecule has 6 nitrogen and oxygen atoms in total. The summed E-state index contributed by atoms with van der Waals surface area (Å²) in [6, 6.07) is 6.17. The summed E-state index contributed by atoms with van der Waals surface area (Å²) in [5.74, 6) is -0.382. The van der Waals surface area contributed by atoms with Gasteiger partial charge in [-0.05, 0) is 38.1 Å². The highest BCUT2D eigenvalue weighted by Gasteiger charge is 2.14. The van der Waals surface area contributed by atoms with Gasteiger partial charge < -0.3 is 11.1 Å². The standard InChI is InChI=1S/C12H19N3O3S/c1-9(2)15-19(17,18)11-5-3-10(4-6-11)14-8-7-12(13)16/h3-6,9,14-15H,7-8H2,1-2H3,(H2,13,16). The fourth-order valence-corrected chi connectivity index (χ4v) is 2.71. The quantitative estimate of drug-likeness (QED) is 0.685. The first-order valence-electron chi connectivity index (χ1n) is 5.96. The van der Waals surface area contributed by atoms with E-state index in [-0.39, 0.29) is 23.3 Å². The minimum absolute atomic E-state index is 0.154. The van der Waals surface area contributed by atoms with Crippen molar-refractivity contribution in [2.75, 3.05) is 11.9 Å². The van der Waals surface area contributed by atoms with Gasteiger partial charge in [0.25, 0.3) is 0 Å². The van der Waals surface area contributed by atoms with E-state index in [0.717, 1.165) is 5.69 Å². The van der Waals surface area contributed by atoms with E-state index >= 15 is 0 Å². The number of hydrogen-bond donors (Lipinski definition) is 3. The number of anilines is 1. The molecule has 0 spiro atoms. The predicted octanol–water partition coefficient (Wildman–Crippen LogP) is 0.661. The molecule has 0 atom stereocenters. The van der Waals surface area contributed by atoms with Crippen LogP contribution in [0.1, 0.15) is 20.3 Å². The van der Waals surface area contributed by atoms with Crippen LogP contribution in [0.2, 0.25) is 0 Å². The molecule has 0 saturated carbocycles. The van der Waals surface area contributed by atoms with Gasteiger partial charge in [0.05, 0.1) is 4.90 Å². The van der Waals surface area contributed by atoms with Gasteiger partial charge in [0, 0.05) is 24.7 Å². The molecule has 1 rings (SSSR count). The smallest absolute Gasteiger partial charge is 0.240 e. The third kappa shape index (κ3) is 5.27. The van der Waals surface area contributed by atoms with Gasteiger partial charge in [0.1, 0.15) is 0 Å². The van der Waals surface area contributed by atoms with Gasteiger partial charge in [-0.15, -0.1) is 0 Å². The Kier molecular flexibility index (Phi) is 5.31. The molecule has 1 amide bonds. The van der Waals surface area contributed by atoms with Crippen LogP contribution < -0.4 is 15.8 Å². The van der Waals surface area contributed by atoms with Crippen LogP contribution in [0.4, 0.5) is 5.69 Å². The maximum absolute atomic E-state index is 11.9. The van der Waals surface area contributed by atoms with E-state index < -0.39 is 10.0 Å². The Bertz CT molecular complexity index is 524. The zero-order valence-corrected chi connectivity index (χ0v) is 11.8. The van der Waals surface area contributed by atoms with Crippen molar-refractivity contribution in [2.45, 2.75) is 31.2 Å². The predicted molar refractivity (Wildman–Crippen MR) is 74.2 cm³/mol. The van der Waals surface area contributed by atoms with Crippen LogP contribution in [0.5, 0.6) is 0 Å². The van der Waals surface area contributed by atoms with Crippen LogP contribution in [0.25, 0.3) is 0 Å². The van der Waals surface area contributed by atoms with Crippen LogP contribution in [-0.4, -0.2) is 26.9 Å². The van der Waals surface area contributed by atoms with Crippen LogP contribution in [0.3, 0.4) is 0 Å². The van der Waals surface area contributed by atoms with E-state index in [2.05, 4.69) is 10.0 Å². The molecule has 0 radical (unpaired) electrons. The number of carbonyl (C=O) groups excluding carboxylic acids is 1. The summed E-state index contributed by atoms with van der Waals surface area (Å²) in [5, 5.41) is 2.98. The second kappa shape index (κ2) is 6.53. The summed E-state index contributed by atoms with van der Waals surface area (Å²) < 4.78 is 26.2. The van der Waals surface area contributed by atoms with Gasteiger partial charge in [-0.25, -0.2) is 13.1 Å². The third-order valence-electron chi connectivity index (χ3n) is 2.26. The van der Waals surface area contributed by atoms with Crippen molar-refractivity contribution in [3.8, 4) is 0 Å². The minimum Gasteiger partial charge on any atom is -0.385 e. The van der Waals surface area contributed by atoms with E-state index in [0.29, 0.717) is 6.54 Å². The number of nitrogens with two attached hydrogens (primary N) is 1. The van der Waals surface area contributed by atoms with Crippen molar-refractivity contribution in [1.82, 2.24) is 4.72 Å². The fraction of sp³-hybridized carbons (Fsp3) is 0.417. The van der Waals surface area contributed by atoms with E-state index in [1.165, 1.54) is 12.1 Å². The molecule has 1 aromatic carbocycles. The molecule has 19 heavy (non-hydrogen) atoms. The first-order chi connectivity index (χ1) is 8.81. The topological polar surface area (TPSA) is 101 Å². The minimum atomic E-state index is -3.46. The number of nitrogens with one attached hydrogen (secondary N) is 2. The first kappa shape index (κ1) is 15.5. The van der Waals surface area contributed by atoms with E-state index in [9.17, 15) is 13.2 Å². The van der Waals surface area contributed by atoms with Crippen LogP contribution in [0, 0.1) is 0 Å². The molecule has 0 aromatic heterocycles. The second-order valence-electron chi connectivity index (χ2n) is 4.44. The van der Waals surface area contributed by atoms with Gasteiger partial charge >= 0.3 is 0 Å². The lowest BCUT2D eigenvalue weighted by atomic mass is 10.3. The summed E-state index contributed by atoms with van der Waals surface area (Å²) in [6.07, 6.45) is 0.231. The summed E-state index contributed by atoms with van der Waals surface area (Å²) in [4.78, 5) is 10.8. The average molecular weight is 285 g/mol. The molecule has 0 fully saturated rings. The number of sulfonamides is 1. The Morgan fingerprint density at radius 2 is 1.84 bits per heavy atom. The molecule has 0 saturated heterocycles. The highest BCUT2D eigenvalue weighted by atomic mass is 32.2. The molecule has 7 heteroatoms. The molecular weight excluding hydrogens is 266 g/mol. The normalized spacial score (nSPS) is 11.5. The first-order valence-corrected chi connectivity index (χ1v) is 7.44. The van der Waals surface area contributed by atoms with E-state index in [4.69, 9.17) is 5.73 Å². The number of benzene rings is 1. The summed E-state index contributed by atoms with van der Waals surface area (Å²) in [7, 11) is -3.46. The van der Waals surface area contributed by atoms with Gasteiger partial charge in [-0.3, -0.25) is 4.79 Å². The molecule has 0 bridgehead atoms. The average Bonchev–Trinajstić information content (AvgIpc) is 2.27. The van der Waals surface area contributed by atoms with Crippen LogP contribution in [-0.2, 0) is 14.8 Å². The SMILES string of the molecule is CC(C)NS(=O)(=O)c1ccc(NCCC(N)=O)cc1. The van der Waals surface area contributed by atoms with Crippen molar-refractivity contribution in [3.05, 3.63) is 24.3 Å². The van der Waals surface area contributed by atoms with Gasteiger partial charge in [-0.1, -0.05) is 0 Å². The molecule has 1 aromatic rings. The van der Waals surface area contributed by atoms with E-state index in [1.807, 2.05) is 0 Å². The molecule has 0 aliphatic heterocycles. The van der Waals surface area contributed by atoms with Crippen molar-refractivity contribution in [2.24, 2.45) is 5.73 Å². The third-order valence-corrected chi connectivity index (χ3v) is 3.93. The number of primary amides is 1. The lowest BCUT2D eigenvalue weighted by Gasteiger charge is -2.10. The summed E-state index contributed by atoms with van der Waals surface area (Å²) >= 11 is 0. The van der Waals surface area contributed by atoms with Gasteiger partial charge in [0.2, 0.25) is 15.9 Å². The highest BCUT2D eigenvalue weighted by Crippen LogP contribution is 2.14. The monoisotopic (exact) mass is 285 g/mol. The van der Waals surface area contributed by atoms with Crippen molar-refractivity contribution in [1.29, 1.82) is 0 Å². The Balaban J connectivity index is 2.68. The molecule has 0 heterocycles. The van der Waals surface area contributed by atoms with Crippen molar-refractivity contribution < 1.29 is 13.2 Å². The molecular formula is C12H19N3O3S. The van der Waals surface area contributed by atoms with Gasteiger partial charge in [0.15, 0.2) is 0 Å². The van der Waals surface area contributed by atoms with E-state index in [1.54, 1.807) is 26.0 Å². The molecule has 0 aliphatic carbocycles. The maximum Gasteiger partial charge on any atom is 0.240 e. The molecule has 106 valence electrons. The van der Waals surface area contributed by atoms with Crippen molar-refractivity contribution in [3.63, 3.8) is 0 Å². The summed E-state index contributed by atoms with van der Waals surface area (Å²) in [6.45, 7) is 3.94. The van der Waals surface area contributed by atoms with Gasteiger partial charge in [-0.2, -0.15) is 0 Å². The maximum atomic E-state index is 11.9. The molecule has 0 aliphatic rings. The number of carbonyl (C=O) groups is 1. The lowest BCUT2D eigenvalue weighted by Crippen LogP contribution is -2.30. The Hall–Kier alpha value is -1.60. The number of amides is 1. The second-order valence-corrected chi connectivity index (χ2v) is 6.16. The number of hydrogen-bond acceptors (Lipinski definition) is 4. The van der Waals surface area contributed by atoms with Crippen LogP contribution in [0.15, 0.2) is 29.2 Å². The zero-order chi connectivity index (χ0) is 14.5. The van der Waals surface area contributed by atoms with Crippen molar-refractivity contribution >= 4 is 21.6 Å². The largest absolute Gasteiger partial charge is 0.385 e. The zero-order valence-electron chi connectivity index (χ0n) is 11.0. The summed E-state index contributed by atoms with van der Waals surface area (Å²) in [5.41, 5.74) is 5.76. The number of rotatable bonds is 7. The highest BCUT2D eigenvalue weighted by molar-refractivity contribution is 7.89. The Labute approximate surface area is 113 Å². The van der Waals surface area contributed by atoms with Crippen LogP contribution >= 0.6 is 0 Å². The molecule has 4 N–H and O–H groups in total. The lowest BCUT2D eigenvalue weighted by molar-refractivity contribution is -0.117. The fourth-order valence-electron chi connectivity index (χ4n) is 1.46. The Morgan fingerprint density at radius 3 is 2.32 bits per heavy atom.